The van der Waals surface area contributed by atoms with Gasteiger partial charge in [-0.05, 0) is 45.7 Å². The molecule has 0 aromatic heterocycles. The van der Waals surface area contributed by atoms with Crippen molar-refractivity contribution < 1.29 is 0 Å². The van der Waals surface area contributed by atoms with Crippen molar-refractivity contribution >= 4 is 0 Å². The Morgan fingerprint density at radius 3 is 2.29 bits per heavy atom. The van der Waals surface area contributed by atoms with Gasteiger partial charge in [0.25, 0.3) is 0 Å². The second-order valence-electron chi connectivity index (χ2n) is 5.15. The number of hydrogen-bond acceptors (Lipinski definition) is 2. The molecule has 2 heteroatoms. The SMILES string of the molecule is CC1(C#N)CCN(C2CCCC2)CC1. The highest BCUT2D eigenvalue weighted by atomic mass is 15.2. The molecule has 14 heavy (non-hydrogen) atoms. The van der Waals surface area contributed by atoms with Gasteiger partial charge >= 0.3 is 0 Å². The summed E-state index contributed by atoms with van der Waals surface area (Å²) in [5.74, 6) is 0. The van der Waals surface area contributed by atoms with E-state index in [4.69, 9.17) is 5.26 Å². The molecule has 78 valence electrons. The van der Waals surface area contributed by atoms with Crippen molar-refractivity contribution in [3.8, 4) is 6.07 Å². The molecule has 0 amide bonds. The zero-order chi connectivity index (χ0) is 10.0. The molecular formula is C12H20N2. The Kier molecular flexibility index (Phi) is 2.78. The Morgan fingerprint density at radius 2 is 1.79 bits per heavy atom. The third-order valence-electron chi connectivity index (χ3n) is 4.01. The highest BCUT2D eigenvalue weighted by Gasteiger charge is 2.33. The summed E-state index contributed by atoms with van der Waals surface area (Å²) >= 11 is 0. The van der Waals surface area contributed by atoms with Gasteiger partial charge in [-0.1, -0.05) is 12.8 Å². The van der Waals surface area contributed by atoms with E-state index in [1.165, 1.54) is 25.7 Å². The van der Waals surface area contributed by atoms with Gasteiger partial charge in [0.2, 0.25) is 0 Å². The minimum absolute atomic E-state index is 0.0326. The predicted molar refractivity (Wildman–Crippen MR) is 56.8 cm³/mol. The zero-order valence-corrected chi connectivity index (χ0v) is 9.13. The summed E-state index contributed by atoms with van der Waals surface area (Å²) in [5, 5.41) is 9.03. The van der Waals surface area contributed by atoms with E-state index in [0.29, 0.717) is 0 Å². The fourth-order valence-corrected chi connectivity index (χ4v) is 2.76. The fraction of sp³-hybridized carbons (Fsp3) is 0.917. The van der Waals surface area contributed by atoms with E-state index in [1.54, 1.807) is 0 Å². The van der Waals surface area contributed by atoms with Crippen LogP contribution >= 0.6 is 0 Å². The maximum absolute atomic E-state index is 9.03. The van der Waals surface area contributed by atoms with Crippen LogP contribution in [0.25, 0.3) is 0 Å². The van der Waals surface area contributed by atoms with Crippen molar-refractivity contribution in [1.29, 1.82) is 5.26 Å². The molecule has 1 saturated heterocycles. The Labute approximate surface area is 86.9 Å². The Morgan fingerprint density at radius 1 is 1.21 bits per heavy atom. The topological polar surface area (TPSA) is 27.0 Å². The monoisotopic (exact) mass is 192 g/mol. The molecule has 1 aliphatic carbocycles. The molecule has 0 unspecified atom stereocenters. The minimum Gasteiger partial charge on any atom is -0.300 e. The first kappa shape index (κ1) is 9.98. The van der Waals surface area contributed by atoms with Gasteiger partial charge in [0, 0.05) is 6.04 Å². The number of nitrogens with zero attached hydrogens (tertiary/aromatic N) is 2. The Hall–Kier alpha value is -0.550. The van der Waals surface area contributed by atoms with Crippen LogP contribution in [0.2, 0.25) is 0 Å². The number of likely N-dealkylation sites (tertiary alicyclic amines) is 1. The van der Waals surface area contributed by atoms with Crippen LogP contribution in [0.4, 0.5) is 0 Å². The smallest absolute Gasteiger partial charge is 0.0687 e. The Bertz CT molecular complexity index is 227. The molecule has 0 N–H and O–H groups in total. The molecule has 2 rings (SSSR count). The van der Waals surface area contributed by atoms with Crippen molar-refractivity contribution in [2.45, 2.75) is 51.5 Å². The van der Waals surface area contributed by atoms with Gasteiger partial charge in [0.15, 0.2) is 0 Å². The summed E-state index contributed by atoms with van der Waals surface area (Å²) in [4.78, 5) is 2.62. The van der Waals surface area contributed by atoms with Crippen molar-refractivity contribution in [2.24, 2.45) is 5.41 Å². The van der Waals surface area contributed by atoms with Gasteiger partial charge in [-0.15, -0.1) is 0 Å². The van der Waals surface area contributed by atoms with Gasteiger partial charge in [-0.25, -0.2) is 0 Å². The van der Waals surface area contributed by atoms with Crippen LogP contribution in [0.3, 0.4) is 0 Å². The molecule has 2 fully saturated rings. The summed E-state index contributed by atoms with van der Waals surface area (Å²) < 4.78 is 0. The van der Waals surface area contributed by atoms with E-state index in [2.05, 4.69) is 17.9 Å². The summed E-state index contributed by atoms with van der Waals surface area (Å²) in [6.45, 7) is 4.41. The van der Waals surface area contributed by atoms with Crippen LogP contribution in [0.1, 0.15) is 45.4 Å². The van der Waals surface area contributed by atoms with Crippen LogP contribution in [0, 0.1) is 16.7 Å². The summed E-state index contributed by atoms with van der Waals surface area (Å²) in [6, 6.07) is 3.31. The average Bonchev–Trinajstić information content (AvgIpc) is 2.72. The molecule has 0 aromatic carbocycles. The predicted octanol–water partition coefficient (Wildman–Crippen LogP) is 2.55. The lowest BCUT2D eigenvalue weighted by Gasteiger charge is -2.38. The van der Waals surface area contributed by atoms with Gasteiger partial charge in [0.05, 0.1) is 11.5 Å². The summed E-state index contributed by atoms with van der Waals surface area (Å²) in [6.07, 6.45) is 7.75. The molecule has 2 aliphatic rings. The lowest BCUT2D eigenvalue weighted by Crippen LogP contribution is -2.42. The maximum Gasteiger partial charge on any atom is 0.0687 e. The second-order valence-corrected chi connectivity index (χ2v) is 5.15. The van der Waals surface area contributed by atoms with Crippen LogP contribution < -0.4 is 0 Å². The molecule has 1 heterocycles. The highest BCUT2D eigenvalue weighted by Crippen LogP contribution is 2.33. The maximum atomic E-state index is 9.03. The third-order valence-corrected chi connectivity index (χ3v) is 4.01. The van der Waals surface area contributed by atoms with E-state index in [1.807, 2.05) is 0 Å². The number of hydrogen-bond donors (Lipinski definition) is 0. The average molecular weight is 192 g/mol. The van der Waals surface area contributed by atoms with E-state index < -0.39 is 0 Å². The standard InChI is InChI=1S/C12H20N2/c1-12(10-13)6-8-14(9-7-12)11-4-2-3-5-11/h11H,2-9H2,1H3. The van der Waals surface area contributed by atoms with Gasteiger partial charge in [-0.2, -0.15) is 5.26 Å². The van der Waals surface area contributed by atoms with E-state index in [9.17, 15) is 0 Å². The highest BCUT2D eigenvalue weighted by molar-refractivity contribution is 4.99. The molecule has 0 bridgehead atoms. The van der Waals surface area contributed by atoms with Gasteiger partial charge in [-0.3, -0.25) is 0 Å². The Balaban J connectivity index is 1.87. The first-order valence-electron chi connectivity index (χ1n) is 5.89. The lowest BCUT2D eigenvalue weighted by molar-refractivity contribution is 0.114. The van der Waals surface area contributed by atoms with Gasteiger partial charge in [0.1, 0.15) is 0 Å². The third kappa shape index (κ3) is 1.93. The first-order chi connectivity index (χ1) is 6.73. The van der Waals surface area contributed by atoms with E-state index in [-0.39, 0.29) is 5.41 Å². The molecule has 0 spiro atoms. The largest absolute Gasteiger partial charge is 0.300 e. The number of nitriles is 1. The summed E-state index contributed by atoms with van der Waals surface area (Å²) in [7, 11) is 0. The summed E-state index contributed by atoms with van der Waals surface area (Å²) in [5.41, 5.74) is -0.0326. The van der Waals surface area contributed by atoms with Crippen molar-refractivity contribution in [2.75, 3.05) is 13.1 Å². The van der Waals surface area contributed by atoms with E-state index in [0.717, 1.165) is 32.0 Å². The normalized spacial score (nSPS) is 28.9. The molecule has 2 nitrogen and oxygen atoms in total. The number of piperidine rings is 1. The van der Waals surface area contributed by atoms with Gasteiger partial charge < -0.3 is 4.90 Å². The zero-order valence-electron chi connectivity index (χ0n) is 9.13. The molecule has 0 atom stereocenters. The molecule has 1 saturated carbocycles. The fourth-order valence-electron chi connectivity index (χ4n) is 2.76. The van der Waals surface area contributed by atoms with Crippen molar-refractivity contribution in [1.82, 2.24) is 4.90 Å². The van der Waals surface area contributed by atoms with Crippen LogP contribution in [0.15, 0.2) is 0 Å². The molecule has 0 radical (unpaired) electrons. The van der Waals surface area contributed by atoms with Crippen LogP contribution in [-0.4, -0.2) is 24.0 Å². The second kappa shape index (κ2) is 3.90. The number of rotatable bonds is 1. The molecule has 0 aromatic rings. The first-order valence-corrected chi connectivity index (χ1v) is 5.89. The quantitative estimate of drug-likeness (QED) is 0.638. The van der Waals surface area contributed by atoms with Crippen LogP contribution in [-0.2, 0) is 0 Å². The molecule has 1 aliphatic heterocycles. The van der Waals surface area contributed by atoms with Crippen LogP contribution in [0.5, 0.6) is 0 Å². The van der Waals surface area contributed by atoms with Crippen molar-refractivity contribution in [3.63, 3.8) is 0 Å². The minimum atomic E-state index is -0.0326. The van der Waals surface area contributed by atoms with Crippen molar-refractivity contribution in [3.05, 3.63) is 0 Å². The van der Waals surface area contributed by atoms with E-state index >= 15 is 0 Å². The molecular weight excluding hydrogens is 172 g/mol. The lowest BCUT2D eigenvalue weighted by atomic mass is 9.81.